The molecule has 0 bridgehead atoms. The third-order valence-corrected chi connectivity index (χ3v) is 5.74. The summed E-state index contributed by atoms with van der Waals surface area (Å²) >= 11 is 0. The molecule has 28 heavy (non-hydrogen) atoms. The molecule has 0 radical (unpaired) electrons. The molecule has 2 atom stereocenters. The van der Waals surface area contributed by atoms with E-state index in [2.05, 4.69) is 64.1 Å². The van der Waals surface area contributed by atoms with Crippen molar-refractivity contribution in [3.63, 3.8) is 0 Å². The summed E-state index contributed by atoms with van der Waals surface area (Å²) in [4.78, 5) is 25.1. The van der Waals surface area contributed by atoms with Crippen molar-refractivity contribution in [2.75, 3.05) is 0 Å². The van der Waals surface area contributed by atoms with Crippen LogP contribution in [0.25, 0.3) is 0 Å². The second-order valence-corrected chi connectivity index (χ2v) is 8.86. The number of Topliss-reactive ketones (excluding diaryl/α,β-unsaturated/α-hetero) is 1. The molecule has 2 heteroatoms. The standard InChI is InChI=1S/C26H34O2/c1-7-20-11-13-21(14-12-20)25(26(5,6)17-27)24(28)15-19(4)23-10-8-9-22(16-23)18(2)3/h8-14,16-19,25H,7,15H2,1-6H3. The Morgan fingerprint density at radius 1 is 0.964 bits per heavy atom. The van der Waals surface area contributed by atoms with Crippen LogP contribution in [0.2, 0.25) is 0 Å². The smallest absolute Gasteiger partial charge is 0.141 e. The van der Waals surface area contributed by atoms with E-state index < -0.39 is 11.3 Å². The van der Waals surface area contributed by atoms with E-state index in [9.17, 15) is 9.59 Å². The lowest BCUT2D eigenvalue weighted by Crippen LogP contribution is -2.31. The van der Waals surface area contributed by atoms with Gasteiger partial charge in [0.2, 0.25) is 0 Å². The summed E-state index contributed by atoms with van der Waals surface area (Å²) in [7, 11) is 0. The van der Waals surface area contributed by atoms with Gasteiger partial charge in [-0.2, -0.15) is 0 Å². The molecule has 0 aromatic heterocycles. The highest BCUT2D eigenvalue weighted by Crippen LogP contribution is 2.37. The highest BCUT2D eigenvalue weighted by Gasteiger charge is 2.36. The molecule has 0 heterocycles. The van der Waals surface area contributed by atoms with Crippen molar-refractivity contribution in [1.29, 1.82) is 0 Å². The Morgan fingerprint density at radius 2 is 1.57 bits per heavy atom. The average molecular weight is 379 g/mol. The van der Waals surface area contributed by atoms with Crippen LogP contribution in [0.5, 0.6) is 0 Å². The topological polar surface area (TPSA) is 34.1 Å². The summed E-state index contributed by atoms with van der Waals surface area (Å²) in [6.45, 7) is 12.3. The predicted molar refractivity (Wildman–Crippen MR) is 117 cm³/mol. The molecular formula is C26H34O2. The molecule has 0 saturated carbocycles. The molecule has 2 nitrogen and oxygen atoms in total. The summed E-state index contributed by atoms with van der Waals surface area (Å²) in [5, 5.41) is 0. The van der Waals surface area contributed by atoms with E-state index >= 15 is 0 Å². The number of hydrogen-bond acceptors (Lipinski definition) is 2. The van der Waals surface area contributed by atoms with Gasteiger partial charge in [0.05, 0.1) is 5.92 Å². The number of benzene rings is 2. The van der Waals surface area contributed by atoms with E-state index in [1.54, 1.807) is 0 Å². The van der Waals surface area contributed by atoms with Crippen molar-refractivity contribution >= 4 is 12.1 Å². The summed E-state index contributed by atoms with van der Waals surface area (Å²) in [5.41, 5.74) is 3.91. The fourth-order valence-electron chi connectivity index (χ4n) is 3.81. The highest BCUT2D eigenvalue weighted by atomic mass is 16.1. The molecule has 150 valence electrons. The summed E-state index contributed by atoms with van der Waals surface area (Å²) < 4.78 is 0. The van der Waals surface area contributed by atoms with Gasteiger partial charge in [0.25, 0.3) is 0 Å². The monoisotopic (exact) mass is 378 g/mol. The second kappa shape index (κ2) is 9.32. The molecule has 0 spiro atoms. The zero-order valence-electron chi connectivity index (χ0n) is 18.2. The largest absolute Gasteiger partial charge is 0.303 e. The van der Waals surface area contributed by atoms with E-state index in [1.165, 1.54) is 16.7 Å². The van der Waals surface area contributed by atoms with E-state index in [0.717, 1.165) is 18.3 Å². The maximum atomic E-state index is 13.3. The molecule has 2 aromatic rings. The van der Waals surface area contributed by atoms with Gasteiger partial charge in [-0.1, -0.05) is 90.1 Å². The number of aldehydes is 1. The van der Waals surface area contributed by atoms with Gasteiger partial charge in [0, 0.05) is 11.8 Å². The van der Waals surface area contributed by atoms with Crippen LogP contribution < -0.4 is 0 Å². The highest BCUT2D eigenvalue weighted by molar-refractivity contribution is 5.90. The number of carbonyl (C=O) groups is 2. The minimum Gasteiger partial charge on any atom is -0.303 e. The van der Waals surface area contributed by atoms with Gasteiger partial charge < -0.3 is 4.79 Å². The van der Waals surface area contributed by atoms with Crippen molar-refractivity contribution in [2.45, 2.75) is 72.1 Å². The van der Waals surface area contributed by atoms with Crippen molar-refractivity contribution < 1.29 is 9.59 Å². The first kappa shape index (κ1) is 22.1. The van der Waals surface area contributed by atoms with Crippen molar-refractivity contribution in [2.24, 2.45) is 5.41 Å². The quantitative estimate of drug-likeness (QED) is 0.470. The number of ketones is 1. The maximum Gasteiger partial charge on any atom is 0.141 e. The third kappa shape index (κ3) is 5.19. The first-order valence-corrected chi connectivity index (χ1v) is 10.4. The van der Waals surface area contributed by atoms with Gasteiger partial charge in [-0.3, -0.25) is 4.79 Å². The van der Waals surface area contributed by atoms with E-state index in [0.29, 0.717) is 12.3 Å². The fraction of sp³-hybridized carbons (Fsp3) is 0.462. The summed E-state index contributed by atoms with van der Waals surface area (Å²) in [6, 6.07) is 16.7. The zero-order valence-corrected chi connectivity index (χ0v) is 18.2. The minimum absolute atomic E-state index is 0.117. The molecule has 0 aliphatic rings. The van der Waals surface area contributed by atoms with Gasteiger partial charge in [0.1, 0.15) is 12.1 Å². The van der Waals surface area contributed by atoms with Gasteiger partial charge >= 0.3 is 0 Å². The second-order valence-electron chi connectivity index (χ2n) is 8.86. The third-order valence-electron chi connectivity index (χ3n) is 5.74. The molecule has 0 aliphatic heterocycles. The van der Waals surface area contributed by atoms with Crippen LogP contribution in [-0.4, -0.2) is 12.1 Å². The Morgan fingerprint density at radius 3 is 2.11 bits per heavy atom. The first-order chi connectivity index (χ1) is 13.2. The van der Waals surface area contributed by atoms with Crippen LogP contribution in [0.15, 0.2) is 48.5 Å². The van der Waals surface area contributed by atoms with Crippen molar-refractivity contribution in [3.8, 4) is 0 Å². The lowest BCUT2D eigenvalue weighted by atomic mass is 9.71. The minimum atomic E-state index is -0.732. The average Bonchev–Trinajstić information content (AvgIpc) is 2.68. The van der Waals surface area contributed by atoms with Crippen LogP contribution in [0.3, 0.4) is 0 Å². The van der Waals surface area contributed by atoms with E-state index in [1.807, 2.05) is 26.0 Å². The summed E-state index contributed by atoms with van der Waals surface area (Å²) in [5.74, 6) is 0.281. The predicted octanol–water partition coefficient (Wildman–Crippen LogP) is 6.44. The summed E-state index contributed by atoms with van der Waals surface area (Å²) in [6.07, 6.45) is 2.31. The zero-order chi connectivity index (χ0) is 20.9. The number of hydrogen-bond donors (Lipinski definition) is 0. The van der Waals surface area contributed by atoms with E-state index in [4.69, 9.17) is 0 Å². The first-order valence-electron chi connectivity index (χ1n) is 10.4. The molecule has 0 N–H and O–H groups in total. The van der Waals surface area contributed by atoms with Gasteiger partial charge in [-0.05, 0) is 40.5 Å². The molecule has 0 amide bonds. The van der Waals surface area contributed by atoms with Gasteiger partial charge in [-0.25, -0.2) is 0 Å². The Hall–Kier alpha value is -2.22. The van der Waals surface area contributed by atoms with Crippen molar-refractivity contribution in [1.82, 2.24) is 0 Å². The normalized spacial score (nSPS) is 14.0. The Balaban J connectivity index is 2.29. The molecule has 2 rings (SSSR count). The molecule has 0 aliphatic carbocycles. The molecule has 0 fully saturated rings. The Kier molecular flexibility index (Phi) is 7.35. The SMILES string of the molecule is CCc1ccc(C(C(=O)CC(C)c2cccc(C(C)C)c2)C(C)(C)C=O)cc1. The van der Waals surface area contributed by atoms with Crippen LogP contribution in [0.4, 0.5) is 0 Å². The Labute approximate surface area is 170 Å². The van der Waals surface area contributed by atoms with Crippen LogP contribution >= 0.6 is 0 Å². The van der Waals surface area contributed by atoms with Crippen LogP contribution in [-0.2, 0) is 16.0 Å². The van der Waals surface area contributed by atoms with Gasteiger partial charge in [-0.15, -0.1) is 0 Å². The lowest BCUT2D eigenvalue weighted by Gasteiger charge is -2.30. The van der Waals surface area contributed by atoms with Crippen LogP contribution in [0, 0.1) is 5.41 Å². The molecular weight excluding hydrogens is 344 g/mol. The fourth-order valence-corrected chi connectivity index (χ4v) is 3.81. The van der Waals surface area contributed by atoms with Crippen LogP contribution in [0.1, 0.15) is 88.0 Å². The van der Waals surface area contributed by atoms with E-state index in [-0.39, 0.29) is 11.7 Å². The maximum absolute atomic E-state index is 13.3. The molecule has 2 unspecified atom stereocenters. The molecule has 0 saturated heterocycles. The number of aryl methyl sites for hydroxylation is 1. The number of rotatable bonds is 9. The van der Waals surface area contributed by atoms with Gasteiger partial charge in [0.15, 0.2) is 0 Å². The lowest BCUT2D eigenvalue weighted by molar-refractivity contribution is -0.128. The number of carbonyl (C=O) groups excluding carboxylic acids is 2. The Bertz CT molecular complexity index is 799. The van der Waals surface area contributed by atoms with Crippen molar-refractivity contribution in [3.05, 3.63) is 70.8 Å². The molecule has 2 aromatic carbocycles.